The summed E-state index contributed by atoms with van der Waals surface area (Å²) in [5, 5.41) is 2.67. The summed E-state index contributed by atoms with van der Waals surface area (Å²) in [6, 6.07) is 12.6. The number of amides is 2. The van der Waals surface area contributed by atoms with Gasteiger partial charge in [-0.2, -0.15) is 0 Å². The molecule has 0 spiro atoms. The van der Waals surface area contributed by atoms with Crippen LogP contribution in [0, 0.1) is 5.82 Å². The Morgan fingerprint density at radius 1 is 1.16 bits per heavy atom. The first-order valence-electron chi connectivity index (χ1n) is 8.16. The van der Waals surface area contributed by atoms with E-state index >= 15 is 0 Å². The molecule has 2 amide bonds. The maximum Gasteiger partial charge on any atom is 0.265 e. The van der Waals surface area contributed by atoms with E-state index in [-0.39, 0.29) is 17.6 Å². The van der Waals surface area contributed by atoms with Gasteiger partial charge in [0.25, 0.3) is 5.91 Å². The Morgan fingerprint density at radius 3 is 2.44 bits per heavy atom. The van der Waals surface area contributed by atoms with Crippen LogP contribution in [0.2, 0.25) is 0 Å². The highest BCUT2D eigenvalue weighted by atomic mass is 19.1. The van der Waals surface area contributed by atoms with Crippen molar-refractivity contribution in [2.45, 2.75) is 25.9 Å². The zero-order valence-electron chi connectivity index (χ0n) is 13.9. The molecule has 1 N–H and O–H groups in total. The average Bonchev–Trinajstić information content (AvgIpc) is 3.03. The van der Waals surface area contributed by atoms with Crippen molar-refractivity contribution in [3.63, 3.8) is 0 Å². The highest BCUT2D eigenvalue weighted by molar-refractivity contribution is 5.95. The van der Waals surface area contributed by atoms with Gasteiger partial charge in [0.2, 0.25) is 5.91 Å². The van der Waals surface area contributed by atoms with Crippen molar-refractivity contribution >= 4 is 23.2 Å². The smallest absolute Gasteiger partial charge is 0.265 e. The molecule has 130 valence electrons. The number of nitrogens with zero attached hydrogens (tertiary/aromatic N) is 1. The number of benzene rings is 2. The van der Waals surface area contributed by atoms with Gasteiger partial charge in [-0.25, -0.2) is 4.39 Å². The van der Waals surface area contributed by atoms with Crippen LogP contribution in [0.1, 0.15) is 19.8 Å². The Balaban J connectivity index is 1.58. The highest BCUT2D eigenvalue weighted by Crippen LogP contribution is 2.24. The normalized spacial score (nSPS) is 15.1. The van der Waals surface area contributed by atoms with Crippen LogP contribution in [-0.4, -0.2) is 24.5 Å². The molecule has 2 aromatic carbocycles. The summed E-state index contributed by atoms with van der Waals surface area (Å²) in [7, 11) is 0. The monoisotopic (exact) mass is 342 g/mol. The lowest BCUT2D eigenvalue weighted by Crippen LogP contribution is -2.30. The van der Waals surface area contributed by atoms with Crippen molar-refractivity contribution < 1.29 is 18.7 Å². The van der Waals surface area contributed by atoms with Crippen molar-refractivity contribution in [1.29, 1.82) is 0 Å². The summed E-state index contributed by atoms with van der Waals surface area (Å²) in [5.41, 5.74) is 1.34. The third-order valence-corrected chi connectivity index (χ3v) is 4.02. The number of halogens is 1. The lowest BCUT2D eigenvalue weighted by atomic mass is 10.2. The summed E-state index contributed by atoms with van der Waals surface area (Å²) < 4.78 is 18.5. The molecule has 1 atom stereocenters. The molecular formula is C19H19FN2O3. The number of rotatable bonds is 5. The van der Waals surface area contributed by atoms with Gasteiger partial charge in [-0.05, 0) is 61.9 Å². The molecule has 1 aliphatic heterocycles. The van der Waals surface area contributed by atoms with E-state index in [4.69, 9.17) is 4.74 Å². The standard InChI is InChI=1S/C19H19FN2O3/c1-13(19(24)21-15-6-4-14(20)5-7-15)25-17-10-8-16(9-11-17)22-12-2-3-18(22)23/h4-11,13H,2-3,12H2,1H3,(H,21,24)/t13-/m1/s1. The van der Waals surface area contributed by atoms with E-state index in [0.29, 0.717) is 17.9 Å². The number of carbonyl (C=O) groups excluding carboxylic acids is 2. The Labute approximate surface area is 145 Å². The highest BCUT2D eigenvalue weighted by Gasteiger charge is 2.21. The van der Waals surface area contributed by atoms with Gasteiger partial charge in [0, 0.05) is 24.3 Å². The van der Waals surface area contributed by atoms with Crippen molar-refractivity contribution in [2.75, 3.05) is 16.8 Å². The molecule has 0 aliphatic carbocycles. The van der Waals surface area contributed by atoms with Gasteiger partial charge < -0.3 is 15.0 Å². The molecule has 1 heterocycles. The van der Waals surface area contributed by atoms with Crippen LogP contribution in [0.25, 0.3) is 0 Å². The zero-order valence-corrected chi connectivity index (χ0v) is 13.9. The maximum atomic E-state index is 12.9. The van der Waals surface area contributed by atoms with Gasteiger partial charge in [0.15, 0.2) is 6.10 Å². The molecule has 1 aliphatic rings. The van der Waals surface area contributed by atoms with E-state index in [9.17, 15) is 14.0 Å². The molecule has 6 heteroatoms. The first-order valence-corrected chi connectivity index (χ1v) is 8.16. The van der Waals surface area contributed by atoms with Crippen LogP contribution in [0.5, 0.6) is 5.75 Å². The van der Waals surface area contributed by atoms with Crippen LogP contribution in [0.4, 0.5) is 15.8 Å². The van der Waals surface area contributed by atoms with E-state index in [0.717, 1.165) is 18.7 Å². The molecule has 0 radical (unpaired) electrons. The van der Waals surface area contributed by atoms with E-state index in [1.165, 1.54) is 24.3 Å². The van der Waals surface area contributed by atoms with Gasteiger partial charge in [-0.3, -0.25) is 9.59 Å². The van der Waals surface area contributed by atoms with Crippen molar-refractivity contribution in [1.82, 2.24) is 0 Å². The van der Waals surface area contributed by atoms with Crippen LogP contribution in [0.3, 0.4) is 0 Å². The predicted molar refractivity (Wildman–Crippen MR) is 93.1 cm³/mol. The van der Waals surface area contributed by atoms with Gasteiger partial charge in [0.1, 0.15) is 11.6 Å². The summed E-state index contributed by atoms with van der Waals surface area (Å²) in [5.74, 6) is -0.0258. The molecular weight excluding hydrogens is 323 g/mol. The van der Waals surface area contributed by atoms with E-state index in [1.807, 2.05) is 12.1 Å². The van der Waals surface area contributed by atoms with Crippen molar-refractivity contribution in [2.24, 2.45) is 0 Å². The van der Waals surface area contributed by atoms with Crippen molar-refractivity contribution in [3.05, 3.63) is 54.3 Å². The Morgan fingerprint density at radius 2 is 1.84 bits per heavy atom. The number of hydrogen-bond acceptors (Lipinski definition) is 3. The van der Waals surface area contributed by atoms with Crippen LogP contribution in [-0.2, 0) is 9.59 Å². The van der Waals surface area contributed by atoms with Gasteiger partial charge in [-0.15, -0.1) is 0 Å². The summed E-state index contributed by atoms with van der Waals surface area (Å²) in [6.45, 7) is 2.37. The number of hydrogen-bond donors (Lipinski definition) is 1. The summed E-state index contributed by atoms with van der Waals surface area (Å²) in [4.78, 5) is 25.6. The van der Waals surface area contributed by atoms with Crippen LogP contribution in [0.15, 0.2) is 48.5 Å². The molecule has 0 aromatic heterocycles. The van der Waals surface area contributed by atoms with E-state index in [2.05, 4.69) is 5.32 Å². The topological polar surface area (TPSA) is 58.6 Å². The predicted octanol–water partition coefficient (Wildman–Crippen LogP) is 3.36. The average molecular weight is 342 g/mol. The van der Waals surface area contributed by atoms with Gasteiger partial charge in [0.05, 0.1) is 0 Å². The Kier molecular flexibility index (Phi) is 4.97. The van der Waals surface area contributed by atoms with Crippen LogP contribution >= 0.6 is 0 Å². The molecule has 0 unspecified atom stereocenters. The largest absolute Gasteiger partial charge is 0.481 e. The molecule has 25 heavy (non-hydrogen) atoms. The molecule has 5 nitrogen and oxygen atoms in total. The molecule has 2 aromatic rings. The van der Waals surface area contributed by atoms with Gasteiger partial charge >= 0.3 is 0 Å². The zero-order chi connectivity index (χ0) is 17.8. The molecule has 1 saturated heterocycles. The minimum atomic E-state index is -0.718. The number of anilines is 2. The minimum absolute atomic E-state index is 0.126. The quantitative estimate of drug-likeness (QED) is 0.906. The molecule has 0 saturated carbocycles. The fourth-order valence-corrected chi connectivity index (χ4v) is 2.66. The second kappa shape index (κ2) is 7.34. The summed E-state index contributed by atoms with van der Waals surface area (Å²) >= 11 is 0. The first kappa shape index (κ1) is 17.0. The SMILES string of the molecule is C[C@@H](Oc1ccc(N2CCCC2=O)cc1)C(=O)Nc1ccc(F)cc1. The Bertz CT molecular complexity index is 759. The number of carbonyl (C=O) groups is 2. The Hall–Kier alpha value is -2.89. The number of ether oxygens (including phenoxy) is 1. The first-order chi connectivity index (χ1) is 12.0. The second-order valence-electron chi connectivity index (χ2n) is 5.90. The molecule has 0 bridgehead atoms. The maximum absolute atomic E-state index is 12.9. The van der Waals surface area contributed by atoms with E-state index < -0.39 is 6.10 Å². The second-order valence-corrected chi connectivity index (χ2v) is 5.90. The molecule has 3 rings (SSSR count). The lowest BCUT2D eigenvalue weighted by molar-refractivity contribution is -0.122. The van der Waals surface area contributed by atoms with Crippen molar-refractivity contribution in [3.8, 4) is 5.75 Å². The molecule has 1 fully saturated rings. The fourth-order valence-electron chi connectivity index (χ4n) is 2.66. The van der Waals surface area contributed by atoms with E-state index in [1.54, 1.807) is 24.0 Å². The van der Waals surface area contributed by atoms with Crippen LogP contribution < -0.4 is 15.0 Å². The lowest BCUT2D eigenvalue weighted by Gasteiger charge is -2.18. The fraction of sp³-hybridized carbons (Fsp3) is 0.263. The third-order valence-electron chi connectivity index (χ3n) is 4.02. The number of nitrogens with one attached hydrogen (secondary N) is 1. The third kappa shape index (κ3) is 4.15. The van der Waals surface area contributed by atoms with Gasteiger partial charge in [-0.1, -0.05) is 0 Å². The minimum Gasteiger partial charge on any atom is -0.481 e. The summed E-state index contributed by atoms with van der Waals surface area (Å²) in [6.07, 6.45) is 0.737.